The van der Waals surface area contributed by atoms with Crippen LogP contribution in [0.3, 0.4) is 0 Å². The van der Waals surface area contributed by atoms with Gasteiger partial charge in [0.1, 0.15) is 11.9 Å². The van der Waals surface area contributed by atoms with Crippen LogP contribution in [0.5, 0.6) is 5.75 Å². The minimum atomic E-state index is -1.08. The second-order valence-electron chi connectivity index (χ2n) is 3.20. The van der Waals surface area contributed by atoms with E-state index in [0.29, 0.717) is 5.56 Å². The van der Waals surface area contributed by atoms with Gasteiger partial charge < -0.3 is 5.11 Å². The fraction of sp³-hybridized carbons (Fsp3) is 0.400. The van der Waals surface area contributed by atoms with Crippen LogP contribution in [0.2, 0.25) is 0 Å². The molecule has 0 saturated carbocycles. The molecule has 0 aliphatic heterocycles. The summed E-state index contributed by atoms with van der Waals surface area (Å²) in [5.41, 5.74) is 0.382. The number of phenolic OH excluding ortho intramolecular Hbond substituents is 1. The Morgan fingerprint density at radius 3 is 2.33 bits per heavy atom. The Balaban J connectivity index is 2.94. The summed E-state index contributed by atoms with van der Waals surface area (Å²) in [7, 11) is 0. The van der Waals surface area contributed by atoms with Crippen LogP contribution in [0.15, 0.2) is 24.3 Å². The number of halogens is 1. The van der Waals surface area contributed by atoms with Gasteiger partial charge in [-0.2, -0.15) is 0 Å². The van der Waals surface area contributed by atoms with Gasteiger partial charge in [-0.15, -0.1) is 0 Å². The van der Waals surface area contributed by atoms with Crippen LogP contribution in [0.1, 0.15) is 25.6 Å². The normalized spacial score (nSPS) is 13.3. The van der Waals surface area contributed by atoms with E-state index >= 15 is 0 Å². The third-order valence-corrected chi connectivity index (χ3v) is 1.82. The lowest BCUT2D eigenvalue weighted by Gasteiger charge is -2.12. The van der Waals surface area contributed by atoms with Crippen LogP contribution < -0.4 is 0 Å². The van der Waals surface area contributed by atoms with E-state index in [9.17, 15) is 9.50 Å². The third-order valence-electron chi connectivity index (χ3n) is 1.82. The fourth-order valence-corrected chi connectivity index (χ4v) is 1.08. The molecule has 0 saturated heterocycles. The summed E-state index contributed by atoms with van der Waals surface area (Å²) < 4.78 is 13.4. The van der Waals surface area contributed by atoms with E-state index in [1.807, 2.05) is 0 Å². The standard InChI is InChI=1S/C10H13FO/c1-7(2)10(11)8-5-3-4-6-9(8)12/h3-7,10,12H,1-2H3. The molecule has 0 aliphatic rings. The van der Waals surface area contributed by atoms with Crippen LogP contribution in [0, 0.1) is 5.92 Å². The second-order valence-corrected chi connectivity index (χ2v) is 3.20. The molecule has 1 atom stereocenters. The molecule has 0 bridgehead atoms. The summed E-state index contributed by atoms with van der Waals surface area (Å²) >= 11 is 0. The number of aromatic hydroxyl groups is 1. The monoisotopic (exact) mass is 168 g/mol. The lowest BCUT2D eigenvalue weighted by molar-refractivity contribution is 0.254. The Labute approximate surface area is 71.9 Å². The molecule has 0 heterocycles. The Morgan fingerprint density at radius 2 is 1.83 bits per heavy atom. The SMILES string of the molecule is CC(C)C(F)c1ccccc1O. The molecule has 0 spiro atoms. The van der Waals surface area contributed by atoms with Gasteiger partial charge in [0.2, 0.25) is 0 Å². The number of benzene rings is 1. The van der Waals surface area contributed by atoms with Crippen LogP contribution in [-0.4, -0.2) is 5.11 Å². The summed E-state index contributed by atoms with van der Waals surface area (Å²) in [6.07, 6.45) is -1.08. The van der Waals surface area contributed by atoms with E-state index < -0.39 is 6.17 Å². The van der Waals surface area contributed by atoms with Crippen molar-refractivity contribution in [2.45, 2.75) is 20.0 Å². The molecule has 0 amide bonds. The molecule has 1 aromatic rings. The van der Waals surface area contributed by atoms with Gasteiger partial charge in [0.15, 0.2) is 0 Å². The first-order valence-electron chi connectivity index (χ1n) is 4.05. The van der Waals surface area contributed by atoms with Gasteiger partial charge in [-0.1, -0.05) is 32.0 Å². The molecule has 0 fully saturated rings. The van der Waals surface area contributed by atoms with Gasteiger partial charge in [0.25, 0.3) is 0 Å². The Kier molecular flexibility index (Phi) is 2.69. The average Bonchev–Trinajstić information content (AvgIpc) is 2.04. The molecule has 12 heavy (non-hydrogen) atoms. The van der Waals surface area contributed by atoms with E-state index in [4.69, 9.17) is 0 Å². The molecular weight excluding hydrogens is 155 g/mol. The molecule has 66 valence electrons. The van der Waals surface area contributed by atoms with E-state index in [-0.39, 0.29) is 11.7 Å². The molecule has 1 nitrogen and oxygen atoms in total. The predicted octanol–water partition coefficient (Wildman–Crippen LogP) is 3.06. The predicted molar refractivity (Wildman–Crippen MR) is 46.8 cm³/mol. The number of alkyl halides is 1. The first kappa shape index (κ1) is 9.04. The number of phenols is 1. The summed E-state index contributed by atoms with van der Waals surface area (Å²) in [5, 5.41) is 9.29. The summed E-state index contributed by atoms with van der Waals surface area (Å²) in [5.74, 6) is -0.0583. The molecule has 1 unspecified atom stereocenters. The van der Waals surface area contributed by atoms with Crippen molar-refractivity contribution in [1.29, 1.82) is 0 Å². The van der Waals surface area contributed by atoms with E-state index in [1.165, 1.54) is 6.07 Å². The third kappa shape index (κ3) is 1.76. The minimum absolute atomic E-state index is 0.0405. The van der Waals surface area contributed by atoms with Gasteiger partial charge >= 0.3 is 0 Å². The number of hydrogen-bond acceptors (Lipinski definition) is 1. The smallest absolute Gasteiger partial charge is 0.131 e. The molecule has 0 radical (unpaired) electrons. The van der Waals surface area contributed by atoms with Crippen molar-refractivity contribution in [2.24, 2.45) is 5.92 Å². The van der Waals surface area contributed by atoms with Crippen LogP contribution in [0.4, 0.5) is 4.39 Å². The van der Waals surface area contributed by atoms with Crippen molar-refractivity contribution in [3.8, 4) is 5.75 Å². The zero-order valence-electron chi connectivity index (χ0n) is 7.29. The van der Waals surface area contributed by atoms with Crippen LogP contribution >= 0.6 is 0 Å². The number of para-hydroxylation sites is 1. The maximum absolute atomic E-state index is 13.4. The molecular formula is C10H13FO. The summed E-state index contributed by atoms with van der Waals surface area (Å²) in [6, 6.07) is 6.53. The minimum Gasteiger partial charge on any atom is -0.508 e. The molecule has 1 aromatic carbocycles. The largest absolute Gasteiger partial charge is 0.508 e. The Morgan fingerprint density at radius 1 is 1.25 bits per heavy atom. The lowest BCUT2D eigenvalue weighted by Crippen LogP contribution is -2.00. The molecule has 1 N–H and O–H groups in total. The highest BCUT2D eigenvalue weighted by atomic mass is 19.1. The second kappa shape index (κ2) is 3.57. The first-order chi connectivity index (χ1) is 5.63. The molecule has 0 aromatic heterocycles. The van der Waals surface area contributed by atoms with Crippen LogP contribution in [0.25, 0.3) is 0 Å². The van der Waals surface area contributed by atoms with E-state index in [1.54, 1.807) is 32.0 Å². The highest BCUT2D eigenvalue weighted by Gasteiger charge is 2.16. The molecule has 1 rings (SSSR count). The van der Waals surface area contributed by atoms with E-state index in [0.717, 1.165) is 0 Å². The summed E-state index contributed by atoms with van der Waals surface area (Å²) in [4.78, 5) is 0. The van der Waals surface area contributed by atoms with Gasteiger partial charge in [0, 0.05) is 5.56 Å². The van der Waals surface area contributed by atoms with Crippen molar-refractivity contribution in [3.05, 3.63) is 29.8 Å². The fourth-order valence-electron chi connectivity index (χ4n) is 1.08. The zero-order chi connectivity index (χ0) is 9.14. The maximum atomic E-state index is 13.4. The first-order valence-corrected chi connectivity index (χ1v) is 4.05. The number of hydrogen-bond donors (Lipinski definition) is 1. The highest BCUT2D eigenvalue weighted by Crippen LogP contribution is 2.31. The zero-order valence-corrected chi connectivity index (χ0v) is 7.29. The average molecular weight is 168 g/mol. The van der Waals surface area contributed by atoms with Gasteiger partial charge in [-0.05, 0) is 12.0 Å². The van der Waals surface area contributed by atoms with Crippen molar-refractivity contribution in [3.63, 3.8) is 0 Å². The van der Waals surface area contributed by atoms with E-state index in [2.05, 4.69) is 0 Å². The topological polar surface area (TPSA) is 20.2 Å². The van der Waals surface area contributed by atoms with Gasteiger partial charge in [-0.3, -0.25) is 0 Å². The lowest BCUT2D eigenvalue weighted by atomic mass is 10.00. The highest BCUT2D eigenvalue weighted by molar-refractivity contribution is 5.33. The van der Waals surface area contributed by atoms with Crippen molar-refractivity contribution >= 4 is 0 Å². The molecule has 2 heteroatoms. The Bertz CT molecular complexity index is 258. The summed E-state index contributed by atoms with van der Waals surface area (Å²) in [6.45, 7) is 3.58. The maximum Gasteiger partial charge on any atom is 0.131 e. The molecule has 0 aliphatic carbocycles. The van der Waals surface area contributed by atoms with Gasteiger partial charge in [-0.25, -0.2) is 4.39 Å². The Hall–Kier alpha value is -1.05. The van der Waals surface area contributed by atoms with Crippen LogP contribution in [-0.2, 0) is 0 Å². The van der Waals surface area contributed by atoms with Crippen molar-refractivity contribution < 1.29 is 9.50 Å². The van der Waals surface area contributed by atoms with Crippen molar-refractivity contribution in [2.75, 3.05) is 0 Å². The number of rotatable bonds is 2. The van der Waals surface area contributed by atoms with Crippen molar-refractivity contribution in [1.82, 2.24) is 0 Å². The quantitative estimate of drug-likeness (QED) is 0.719. The van der Waals surface area contributed by atoms with Gasteiger partial charge in [0.05, 0.1) is 0 Å².